The Labute approximate surface area is 129 Å². The number of H-pyrrole nitrogens is 1. The second-order valence-corrected chi connectivity index (χ2v) is 5.27. The van der Waals surface area contributed by atoms with E-state index in [9.17, 15) is 18.0 Å². The first-order chi connectivity index (χ1) is 11.1. The Morgan fingerprint density at radius 1 is 1.22 bits per heavy atom. The Bertz CT molecular complexity index is 727. The zero-order valence-corrected chi connectivity index (χ0v) is 12.0. The second kappa shape index (κ2) is 6.41. The van der Waals surface area contributed by atoms with Gasteiger partial charge in [0, 0.05) is 30.9 Å². The lowest BCUT2D eigenvalue weighted by Crippen LogP contribution is -2.15. The van der Waals surface area contributed by atoms with Crippen molar-refractivity contribution >= 4 is 11.7 Å². The van der Waals surface area contributed by atoms with Crippen LogP contribution in [0.2, 0.25) is 0 Å². The average molecular weight is 325 g/mol. The smallest absolute Gasteiger partial charge is 0.259 e. The molecule has 23 heavy (non-hydrogen) atoms. The number of benzene rings is 1. The number of nitrogens with one attached hydrogen (secondary N) is 2. The van der Waals surface area contributed by atoms with Gasteiger partial charge < -0.3 is 10.1 Å². The molecule has 8 heteroatoms. The van der Waals surface area contributed by atoms with Gasteiger partial charge in [-0.15, -0.1) is 0 Å². The maximum Gasteiger partial charge on any atom is 0.259 e. The summed E-state index contributed by atoms with van der Waals surface area (Å²) in [5, 5.41) is 9.12. The number of carbonyl (C=O) groups is 1. The molecule has 1 aromatic carbocycles. The molecule has 2 heterocycles. The highest BCUT2D eigenvalue weighted by Gasteiger charge is 2.21. The molecule has 0 aliphatic carbocycles. The van der Waals surface area contributed by atoms with Crippen LogP contribution in [0.15, 0.2) is 18.2 Å². The fraction of sp³-hybridized carbons (Fsp3) is 0.333. The van der Waals surface area contributed by atoms with E-state index in [0.29, 0.717) is 19.3 Å². The molecule has 122 valence electrons. The maximum atomic E-state index is 13.6. The third kappa shape index (κ3) is 3.21. The monoisotopic (exact) mass is 325 g/mol. The van der Waals surface area contributed by atoms with Crippen molar-refractivity contribution in [3.63, 3.8) is 0 Å². The van der Waals surface area contributed by atoms with Crippen LogP contribution < -0.4 is 5.32 Å². The summed E-state index contributed by atoms with van der Waals surface area (Å²) in [5.41, 5.74) is 0.258. The summed E-state index contributed by atoms with van der Waals surface area (Å²) in [6, 6.07) is 3.23. The molecular weight excluding hydrogens is 311 g/mol. The predicted octanol–water partition coefficient (Wildman–Crippen LogP) is 2.97. The summed E-state index contributed by atoms with van der Waals surface area (Å²) >= 11 is 0. The molecule has 3 rings (SSSR count). The van der Waals surface area contributed by atoms with E-state index in [1.807, 2.05) is 0 Å². The Morgan fingerprint density at radius 2 is 1.96 bits per heavy atom. The minimum absolute atomic E-state index is 0.195. The van der Waals surface area contributed by atoms with Gasteiger partial charge in [0.25, 0.3) is 5.91 Å². The van der Waals surface area contributed by atoms with E-state index < -0.39 is 28.9 Å². The van der Waals surface area contributed by atoms with E-state index in [-0.39, 0.29) is 11.7 Å². The third-order valence-corrected chi connectivity index (χ3v) is 3.78. The number of ether oxygens (including phenoxy) is 1. The number of amides is 1. The summed E-state index contributed by atoms with van der Waals surface area (Å²) in [5.74, 6) is -5.00. The highest BCUT2D eigenvalue weighted by atomic mass is 19.2. The largest absolute Gasteiger partial charge is 0.381 e. The highest BCUT2D eigenvalue weighted by Crippen LogP contribution is 2.26. The van der Waals surface area contributed by atoms with Crippen molar-refractivity contribution in [3.8, 4) is 0 Å². The molecule has 5 nitrogen and oxygen atoms in total. The number of halogens is 3. The van der Waals surface area contributed by atoms with Gasteiger partial charge in [0.15, 0.2) is 23.3 Å². The maximum absolute atomic E-state index is 13.6. The number of anilines is 1. The lowest BCUT2D eigenvalue weighted by Gasteiger charge is -2.20. The van der Waals surface area contributed by atoms with Crippen molar-refractivity contribution in [2.24, 2.45) is 0 Å². The van der Waals surface area contributed by atoms with Crippen LogP contribution in [0.5, 0.6) is 0 Å². The van der Waals surface area contributed by atoms with Crippen molar-refractivity contribution < 1.29 is 22.7 Å². The molecule has 0 spiro atoms. The van der Waals surface area contributed by atoms with Gasteiger partial charge in [-0.2, -0.15) is 5.10 Å². The van der Waals surface area contributed by atoms with E-state index >= 15 is 0 Å². The van der Waals surface area contributed by atoms with Gasteiger partial charge in [-0.3, -0.25) is 9.89 Å². The molecule has 2 N–H and O–H groups in total. The molecule has 1 amide bonds. The van der Waals surface area contributed by atoms with Crippen LogP contribution in [0.4, 0.5) is 19.0 Å². The van der Waals surface area contributed by atoms with Crippen molar-refractivity contribution in [2.75, 3.05) is 18.5 Å². The Kier molecular flexibility index (Phi) is 4.33. The van der Waals surface area contributed by atoms with Crippen LogP contribution >= 0.6 is 0 Å². The number of rotatable bonds is 3. The molecule has 0 saturated carbocycles. The number of aromatic amines is 1. The molecule has 0 radical (unpaired) electrons. The molecule has 1 aliphatic heterocycles. The van der Waals surface area contributed by atoms with Gasteiger partial charge >= 0.3 is 0 Å². The van der Waals surface area contributed by atoms with Gasteiger partial charge in [0.2, 0.25) is 0 Å². The molecular formula is C15H14F3N3O2. The standard InChI is InChI=1S/C15H14F3N3O2/c16-10-2-1-9(13(17)14(10)18)15(22)19-12-7-11(20-21-12)8-3-5-23-6-4-8/h1-2,7-8H,3-6H2,(H2,19,20,21,22). The molecule has 0 bridgehead atoms. The molecule has 1 aromatic heterocycles. The molecule has 0 atom stereocenters. The van der Waals surface area contributed by atoms with E-state index in [0.717, 1.165) is 24.6 Å². The number of aromatic nitrogens is 2. The molecule has 0 unspecified atom stereocenters. The normalized spacial score (nSPS) is 15.6. The van der Waals surface area contributed by atoms with Crippen LogP contribution in [-0.2, 0) is 4.74 Å². The van der Waals surface area contributed by atoms with Crippen LogP contribution in [-0.4, -0.2) is 29.3 Å². The molecule has 1 saturated heterocycles. The SMILES string of the molecule is O=C(Nc1cc(C2CCOCC2)[nH]n1)c1ccc(F)c(F)c1F. The molecule has 2 aromatic rings. The molecule has 1 fully saturated rings. The van der Waals surface area contributed by atoms with Crippen LogP contribution in [0.25, 0.3) is 0 Å². The fourth-order valence-electron chi connectivity index (χ4n) is 2.50. The number of carbonyl (C=O) groups excluding carboxylic acids is 1. The van der Waals surface area contributed by atoms with Gasteiger partial charge in [-0.25, -0.2) is 13.2 Å². The van der Waals surface area contributed by atoms with Gasteiger partial charge in [-0.05, 0) is 25.0 Å². The van der Waals surface area contributed by atoms with E-state index in [4.69, 9.17) is 4.74 Å². The number of hydrogen-bond donors (Lipinski definition) is 2. The zero-order chi connectivity index (χ0) is 16.4. The average Bonchev–Trinajstić information content (AvgIpc) is 3.02. The number of hydrogen-bond acceptors (Lipinski definition) is 3. The van der Waals surface area contributed by atoms with Crippen molar-refractivity contribution in [1.82, 2.24) is 10.2 Å². The Hall–Kier alpha value is -2.35. The second-order valence-electron chi connectivity index (χ2n) is 5.27. The van der Waals surface area contributed by atoms with Gasteiger partial charge in [0.1, 0.15) is 0 Å². The topological polar surface area (TPSA) is 67.0 Å². The van der Waals surface area contributed by atoms with Crippen molar-refractivity contribution in [1.29, 1.82) is 0 Å². The quantitative estimate of drug-likeness (QED) is 0.853. The van der Waals surface area contributed by atoms with Crippen molar-refractivity contribution in [3.05, 3.63) is 46.9 Å². The van der Waals surface area contributed by atoms with Crippen LogP contribution in [0.1, 0.15) is 34.8 Å². The lowest BCUT2D eigenvalue weighted by molar-refractivity contribution is 0.0845. The van der Waals surface area contributed by atoms with Crippen LogP contribution in [0.3, 0.4) is 0 Å². The van der Waals surface area contributed by atoms with Gasteiger partial charge in [-0.1, -0.05) is 0 Å². The summed E-state index contributed by atoms with van der Waals surface area (Å²) in [6.45, 7) is 1.32. The van der Waals surface area contributed by atoms with Crippen molar-refractivity contribution in [2.45, 2.75) is 18.8 Å². The highest BCUT2D eigenvalue weighted by molar-refractivity contribution is 6.03. The van der Waals surface area contributed by atoms with Crippen LogP contribution in [0, 0.1) is 17.5 Å². The Balaban J connectivity index is 1.73. The summed E-state index contributed by atoms with van der Waals surface area (Å²) in [6.07, 6.45) is 1.68. The summed E-state index contributed by atoms with van der Waals surface area (Å²) in [7, 11) is 0. The summed E-state index contributed by atoms with van der Waals surface area (Å²) in [4.78, 5) is 12.0. The minimum Gasteiger partial charge on any atom is -0.381 e. The first-order valence-electron chi connectivity index (χ1n) is 7.14. The molecule has 1 aliphatic rings. The first kappa shape index (κ1) is 15.5. The van der Waals surface area contributed by atoms with E-state index in [2.05, 4.69) is 15.5 Å². The fourth-order valence-corrected chi connectivity index (χ4v) is 2.50. The first-order valence-corrected chi connectivity index (χ1v) is 7.14. The summed E-state index contributed by atoms with van der Waals surface area (Å²) < 4.78 is 44.9. The van der Waals surface area contributed by atoms with E-state index in [1.165, 1.54) is 0 Å². The lowest BCUT2D eigenvalue weighted by atomic mass is 9.97. The Morgan fingerprint density at radius 3 is 2.70 bits per heavy atom. The minimum atomic E-state index is -1.68. The zero-order valence-electron chi connectivity index (χ0n) is 12.0. The third-order valence-electron chi connectivity index (χ3n) is 3.78. The number of nitrogens with zero attached hydrogens (tertiary/aromatic N) is 1. The van der Waals surface area contributed by atoms with Gasteiger partial charge in [0.05, 0.1) is 5.56 Å². The predicted molar refractivity (Wildman–Crippen MR) is 75.7 cm³/mol. The van der Waals surface area contributed by atoms with E-state index in [1.54, 1.807) is 6.07 Å².